The highest BCUT2D eigenvalue weighted by Crippen LogP contribution is 2.05. The lowest BCUT2D eigenvalue weighted by molar-refractivity contribution is -0.139. The maximum atomic E-state index is 12.4. The number of carbonyl (C=O) groups excluding carboxylic acids is 2. The fourth-order valence-electron chi connectivity index (χ4n) is 2.21. The van der Waals surface area contributed by atoms with Crippen molar-refractivity contribution in [2.24, 2.45) is 0 Å². The lowest BCUT2D eigenvalue weighted by Gasteiger charge is -2.24. The minimum atomic E-state index is -0.954. The fourth-order valence-corrected chi connectivity index (χ4v) is 2.21. The molecule has 0 bridgehead atoms. The Labute approximate surface area is 136 Å². The molecule has 1 aromatic rings. The highest BCUT2D eigenvalue weighted by Gasteiger charge is 2.23. The third-order valence-corrected chi connectivity index (χ3v) is 3.46. The Bertz CT molecular complexity index is 531. The molecule has 23 heavy (non-hydrogen) atoms. The molecule has 0 fully saturated rings. The Balaban J connectivity index is 2.60. The molecule has 2 amide bonds. The van der Waals surface area contributed by atoms with Gasteiger partial charge in [0.2, 0.25) is 11.8 Å². The van der Waals surface area contributed by atoms with Crippen LogP contribution in [0.15, 0.2) is 30.3 Å². The molecule has 126 valence electrons. The van der Waals surface area contributed by atoms with Crippen molar-refractivity contribution < 1.29 is 19.5 Å². The number of hydrogen-bond acceptors (Lipinski definition) is 3. The number of amides is 2. The van der Waals surface area contributed by atoms with Gasteiger partial charge in [0.05, 0.1) is 12.8 Å². The van der Waals surface area contributed by atoms with Gasteiger partial charge in [-0.1, -0.05) is 43.7 Å². The summed E-state index contributed by atoms with van der Waals surface area (Å²) < 4.78 is 0. The van der Waals surface area contributed by atoms with Crippen LogP contribution < -0.4 is 5.32 Å². The first kappa shape index (κ1) is 18.7. The molecule has 1 rings (SSSR count). The maximum absolute atomic E-state index is 12.4. The lowest BCUT2D eigenvalue weighted by atomic mass is 10.1. The Kier molecular flexibility index (Phi) is 7.80. The van der Waals surface area contributed by atoms with Crippen molar-refractivity contribution in [3.05, 3.63) is 35.9 Å². The van der Waals surface area contributed by atoms with Crippen LogP contribution in [0.2, 0.25) is 0 Å². The number of aliphatic carboxylic acids is 1. The van der Waals surface area contributed by atoms with Crippen molar-refractivity contribution in [1.82, 2.24) is 10.2 Å². The van der Waals surface area contributed by atoms with Crippen LogP contribution in [-0.4, -0.2) is 47.4 Å². The summed E-state index contributed by atoms with van der Waals surface area (Å²) in [6.45, 7) is 2.06. The number of nitrogens with zero attached hydrogens (tertiary/aromatic N) is 1. The van der Waals surface area contributed by atoms with Crippen molar-refractivity contribution >= 4 is 17.8 Å². The molecule has 0 heterocycles. The number of nitrogens with one attached hydrogen (secondary N) is 1. The largest absolute Gasteiger partial charge is 0.481 e. The molecule has 0 spiro atoms. The zero-order chi connectivity index (χ0) is 17.2. The van der Waals surface area contributed by atoms with Gasteiger partial charge in [0.1, 0.15) is 6.04 Å². The molecule has 0 aromatic heterocycles. The summed E-state index contributed by atoms with van der Waals surface area (Å²) in [6.07, 6.45) is 1.37. The molecule has 0 aliphatic heterocycles. The standard InChI is InChI=1S/C17H24N2O4/c1-3-7-14(17(23)19(2)11-10-16(21)22)18-15(20)12-13-8-5-4-6-9-13/h4-6,8-9,14H,3,7,10-12H2,1-2H3,(H,18,20)(H,21,22). The molecule has 0 aliphatic rings. The zero-order valence-corrected chi connectivity index (χ0v) is 13.6. The van der Waals surface area contributed by atoms with E-state index in [2.05, 4.69) is 5.32 Å². The first-order valence-corrected chi connectivity index (χ1v) is 7.74. The number of carboxylic acid groups (broad SMARTS) is 1. The summed E-state index contributed by atoms with van der Waals surface area (Å²) in [5.74, 6) is -1.42. The summed E-state index contributed by atoms with van der Waals surface area (Å²) in [5, 5.41) is 11.4. The van der Waals surface area contributed by atoms with Gasteiger partial charge < -0.3 is 15.3 Å². The predicted molar refractivity (Wildman–Crippen MR) is 86.9 cm³/mol. The summed E-state index contributed by atoms with van der Waals surface area (Å²) >= 11 is 0. The van der Waals surface area contributed by atoms with E-state index in [4.69, 9.17) is 5.11 Å². The Morgan fingerprint density at radius 3 is 2.43 bits per heavy atom. The first-order chi connectivity index (χ1) is 10.9. The summed E-state index contributed by atoms with van der Waals surface area (Å²) in [4.78, 5) is 36.4. The first-order valence-electron chi connectivity index (χ1n) is 7.74. The molecule has 0 saturated heterocycles. The van der Waals surface area contributed by atoms with Gasteiger partial charge in [0.15, 0.2) is 0 Å². The highest BCUT2D eigenvalue weighted by molar-refractivity contribution is 5.88. The third kappa shape index (κ3) is 6.95. The van der Waals surface area contributed by atoms with Crippen molar-refractivity contribution in [1.29, 1.82) is 0 Å². The molecule has 2 N–H and O–H groups in total. The number of carbonyl (C=O) groups is 3. The van der Waals surface area contributed by atoms with Gasteiger partial charge in [-0.2, -0.15) is 0 Å². The van der Waals surface area contributed by atoms with Gasteiger partial charge >= 0.3 is 5.97 Å². The summed E-state index contributed by atoms with van der Waals surface area (Å²) in [5.41, 5.74) is 0.881. The van der Waals surface area contributed by atoms with Gasteiger partial charge in [0, 0.05) is 13.6 Å². The molecule has 0 aliphatic carbocycles. The number of likely N-dealkylation sites (N-methyl/N-ethyl adjacent to an activating group) is 1. The highest BCUT2D eigenvalue weighted by atomic mass is 16.4. The average Bonchev–Trinajstić information content (AvgIpc) is 2.52. The van der Waals surface area contributed by atoms with E-state index in [1.807, 2.05) is 37.3 Å². The number of rotatable bonds is 9. The van der Waals surface area contributed by atoms with Gasteiger partial charge in [0.25, 0.3) is 0 Å². The van der Waals surface area contributed by atoms with E-state index in [-0.39, 0.29) is 31.2 Å². The van der Waals surface area contributed by atoms with Crippen LogP contribution >= 0.6 is 0 Å². The van der Waals surface area contributed by atoms with Crippen molar-refractivity contribution in [2.45, 2.75) is 38.6 Å². The Morgan fingerprint density at radius 1 is 1.22 bits per heavy atom. The Hall–Kier alpha value is -2.37. The predicted octanol–water partition coefficient (Wildman–Crippen LogP) is 1.45. The molecule has 1 aromatic carbocycles. The third-order valence-electron chi connectivity index (χ3n) is 3.46. The van der Waals surface area contributed by atoms with E-state index in [0.717, 1.165) is 12.0 Å². The van der Waals surface area contributed by atoms with Crippen LogP contribution in [0, 0.1) is 0 Å². The molecule has 6 heteroatoms. The second kappa shape index (κ2) is 9.61. The number of benzene rings is 1. The molecular weight excluding hydrogens is 296 g/mol. The van der Waals surface area contributed by atoms with E-state index < -0.39 is 12.0 Å². The van der Waals surface area contributed by atoms with E-state index in [1.165, 1.54) is 4.90 Å². The summed E-state index contributed by atoms with van der Waals surface area (Å²) in [6, 6.07) is 8.69. The van der Waals surface area contributed by atoms with Gasteiger partial charge in [-0.25, -0.2) is 0 Å². The quantitative estimate of drug-likeness (QED) is 0.721. The second-order valence-electron chi connectivity index (χ2n) is 5.47. The van der Waals surface area contributed by atoms with Gasteiger partial charge in [-0.3, -0.25) is 14.4 Å². The van der Waals surface area contributed by atoms with Crippen molar-refractivity contribution in [3.63, 3.8) is 0 Å². The van der Waals surface area contributed by atoms with Crippen LogP contribution in [-0.2, 0) is 20.8 Å². The topological polar surface area (TPSA) is 86.7 Å². The average molecular weight is 320 g/mol. The molecule has 6 nitrogen and oxygen atoms in total. The molecular formula is C17H24N2O4. The zero-order valence-electron chi connectivity index (χ0n) is 13.6. The molecule has 0 saturated carbocycles. The van der Waals surface area contributed by atoms with E-state index in [9.17, 15) is 14.4 Å². The SMILES string of the molecule is CCCC(NC(=O)Cc1ccccc1)C(=O)N(C)CCC(=O)O. The summed E-state index contributed by atoms with van der Waals surface area (Å²) in [7, 11) is 1.55. The van der Waals surface area contributed by atoms with Crippen LogP contribution in [0.25, 0.3) is 0 Å². The van der Waals surface area contributed by atoms with Crippen LogP contribution in [0.1, 0.15) is 31.7 Å². The fraction of sp³-hybridized carbons (Fsp3) is 0.471. The van der Waals surface area contributed by atoms with Crippen LogP contribution in [0.3, 0.4) is 0 Å². The molecule has 1 unspecified atom stereocenters. The number of carboxylic acids is 1. The van der Waals surface area contributed by atoms with Crippen molar-refractivity contribution in [2.75, 3.05) is 13.6 Å². The van der Waals surface area contributed by atoms with Crippen LogP contribution in [0.5, 0.6) is 0 Å². The second-order valence-corrected chi connectivity index (χ2v) is 5.47. The normalized spacial score (nSPS) is 11.6. The van der Waals surface area contributed by atoms with Gasteiger partial charge in [-0.15, -0.1) is 0 Å². The van der Waals surface area contributed by atoms with E-state index in [1.54, 1.807) is 7.05 Å². The maximum Gasteiger partial charge on any atom is 0.305 e. The van der Waals surface area contributed by atoms with E-state index >= 15 is 0 Å². The van der Waals surface area contributed by atoms with Crippen molar-refractivity contribution in [3.8, 4) is 0 Å². The minimum Gasteiger partial charge on any atom is -0.481 e. The minimum absolute atomic E-state index is 0.112. The molecule has 0 radical (unpaired) electrons. The monoisotopic (exact) mass is 320 g/mol. The van der Waals surface area contributed by atoms with E-state index in [0.29, 0.717) is 6.42 Å². The Morgan fingerprint density at radius 2 is 1.87 bits per heavy atom. The smallest absolute Gasteiger partial charge is 0.305 e. The molecule has 1 atom stereocenters. The number of hydrogen-bond donors (Lipinski definition) is 2. The lowest BCUT2D eigenvalue weighted by Crippen LogP contribution is -2.48. The van der Waals surface area contributed by atoms with Gasteiger partial charge in [-0.05, 0) is 12.0 Å². The van der Waals surface area contributed by atoms with Crippen LogP contribution in [0.4, 0.5) is 0 Å².